The van der Waals surface area contributed by atoms with Crippen LogP contribution >= 0.6 is 24.2 Å². The van der Waals surface area contributed by atoms with Crippen molar-refractivity contribution in [1.29, 1.82) is 0 Å². The molecule has 0 radical (unpaired) electrons. The predicted octanol–water partition coefficient (Wildman–Crippen LogP) is 3.49. The lowest BCUT2D eigenvalue weighted by molar-refractivity contribution is 0.0758. The van der Waals surface area contributed by atoms with Gasteiger partial charge in [-0.1, -0.05) is 11.8 Å². The first kappa shape index (κ1) is 18.5. The van der Waals surface area contributed by atoms with Crippen LogP contribution < -0.4 is 5.32 Å². The number of rotatable bonds is 3. The molecule has 2 saturated heterocycles. The fourth-order valence-corrected chi connectivity index (χ4v) is 3.88. The number of benzene rings is 1. The second-order valence-corrected chi connectivity index (χ2v) is 7.01. The van der Waals surface area contributed by atoms with Crippen molar-refractivity contribution in [3.8, 4) is 0 Å². The first-order valence-electron chi connectivity index (χ1n) is 7.68. The molecule has 0 bridgehead atoms. The molecule has 0 aromatic heterocycles. The second-order valence-electron chi connectivity index (χ2n) is 5.95. The number of hydrogen-bond acceptors (Lipinski definition) is 3. The molecule has 2 heterocycles. The number of alkyl halides is 2. The molecule has 2 atom stereocenters. The van der Waals surface area contributed by atoms with Gasteiger partial charge >= 0.3 is 0 Å². The van der Waals surface area contributed by atoms with Gasteiger partial charge in [-0.15, -0.1) is 12.4 Å². The molecule has 1 aromatic rings. The Hall–Kier alpha value is -0.850. The molecule has 0 saturated carbocycles. The van der Waals surface area contributed by atoms with Crippen LogP contribution in [-0.4, -0.2) is 42.7 Å². The summed E-state index contributed by atoms with van der Waals surface area (Å²) in [6, 6.07) is 6.50. The zero-order valence-corrected chi connectivity index (χ0v) is 14.3. The normalized spacial score (nSPS) is 24.0. The van der Waals surface area contributed by atoms with Gasteiger partial charge in [0.1, 0.15) is 0 Å². The number of nitrogens with zero attached hydrogens (tertiary/aromatic N) is 1. The van der Waals surface area contributed by atoms with E-state index in [9.17, 15) is 13.6 Å². The first-order valence-corrected chi connectivity index (χ1v) is 8.56. The van der Waals surface area contributed by atoms with Gasteiger partial charge < -0.3 is 10.2 Å². The van der Waals surface area contributed by atoms with Crippen LogP contribution in [0.2, 0.25) is 0 Å². The van der Waals surface area contributed by atoms with Crippen molar-refractivity contribution < 1.29 is 13.6 Å². The van der Waals surface area contributed by atoms with Crippen molar-refractivity contribution in [2.75, 3.05) is 26.2 Å². The minimum atomic E-state index is -2.43. The smallest absolute Gasteiger partial charge is 0.288 e. The number of amides is 1. The number of carbonyl (C=O) groups is 1. The minimum Gasteiger partial charge on any atom is -0.339 e. The summed E-state index contributed by atoms with van der Waals surface area (Å²) in [5, 5.41) is 3.42. The summed E-state index contributed by atoms with van der Waals surface area (Å²) in [5.74, 6) is -1.05. The van der Waals surface area contributed by atoms with Gasteiger partial charge in [-0.2, -0.15) is 8.78 Å². The average molecular weight is 363 g/mol. The minimum absolute atomic E-state index is 0. The molecule has 2 aliphatic heterocycles. The lowest BCUT2D eigenvalue weighted by atomic mass is 9.92. The van der Waals surface area contributed by atoms with Gasteiger partial charge in [-0.05, 0) is 62.0 Å². The number of likely N-dealkylation sites (tertiary alicyclic amines) is 1. The molecule has 3 rings (SSSR count). The Balaban J connectivity index is 0.00000192. The maximum Gasteiger partial charge on any atom is 0.288 e. The first-order chi connectivity index (χ1) is 10.6. The average Bonchev–Trinajstić information content (AvgIpc) is 2.85. The van der Waals surface area contributed by atoms with Gasteiger partial charge in [0.05, 0.1) is 0 Å². The van der Waals surface area contributed by atoms with E-state index in [0.717, 1.165) is 39.0 Å². The van der Waals surface area contributed by atoms with Crippen molar-refractivity contribution in [3.05, 3.63) is 29.8 Å². The summed E-state index contributed by atoms with van der Waals surface area (Å²) in [6.07, 6.45) is 2.09. The maximum absolute atomic E-state index is 12.6. The fraction of sp³-hybridized carbons (Fsp3) is 0.562. The molecule has 7 heteroatoms. The Labute approximate surface area is 145 Å². The van der Waals surface area contributed by atoms with E-state index in [0.29, 0.717) is 34.1 Å². The third-order valence-corrected chi connectivity index (χ3v) is 5.36. The molecule has 0 unspecified atom stereocenters. The van der Waals surface area contributed by atoms with E-state index >= 15 is 0 Å². The van der Waals surface area contributed by atoms with E-state index in [-0.39, 0.29) is 18.3 Å². The molecule has 0 spiro atoms. The topological polar surface area (TPSA) is 32.3 Å². The van der Waals surface area contributed by atoms with E-state index < -0.39 is 5.76 Å². The fourth-order valence-electron chi connectivity index (χ4n) is 3.38. The quantitative estimate of drug-likeness (QED) is 0.835. The lowest BCUT2D eigenvalue weighted by Crippen LogP contribution is -2.32. The largest absolute Gasteiger partial charge is 0.339 e. The molecule has 1 N–H and O–H groups in total. The van der Waals surface area contributed by atoms with Crippen LogP contribution in [0.1, 0.15) is 23.2 Å². The third-order valence-electron chi connectivity index (χ3n) is 4.63. The maximum atomic E-state index is 12.6. The molecular weight excluding hydrogens is 342 g/mol. The van der Waals surface area contributed by atoms with Gasteiger partial charge in [0.2, 0.25) is 0 Å². The highest BCUT2D eigenvalue weighted by atomic mass is 35.5. The molecule has 1 amide bonds. The molecule has 3 nitrogen and oxygen atoms in total. The number of hydrogen-bond donors (Lipinski definition) is 1. The van der Waals surface area contributed by atoms with Gasteiger partial charge in [0, 0.05) is 23.5 Å². The number of halogens is 3. The molecule has 1 aromatic carbocycles. The summed E-state index contributed by atoms with van der Waals surface area (Å²) in [6.45, 7) is 3.70. The Bertz CT molecular complexity index is 515. The number of thioether (sulfide) groups is 1. The van der Waals surface area contributed by atoms with Crippen LogP contribution in [0.15, 0.2) is 29.2 Å². The van der Waals surface area contributed by atoms with Gasteiger partial charge in [-0.3, -0.25) is 4.79 Å². The van der Waals surface area contributed by atoms with E-state index in [1.165, 1.54) is 0 Å². The Morgan fingerprint density at radius 1 is 1.13 bits per heavy atom. The highest BCUT2D eigenvalue weighted by Crippen LogP contribution is 2.28. The van der Waals surface area contributed by atoms with Crippen molar-refractivity contribution in [2.24, 2.45) is 11.8 Å². The monoisotopic (exact) mass is 362 g/mol. The summed E-state index contributed by atoms with van der Waals surface area (Å²) < 4.78 is 24.6. The molecule has 128 valence electrons. The summed E-state index contributed by atoms with van der Waals surface area (Å²) >= 11 is 0.504. The van der Waals surface area contributed by atoms with Crippen LogP contribution in [0, 0.1) is 11.8 Å². The van der Waals surface area contributed by atoms with Crippen molar-refractivity contribution in [1.82, 2.24) is 10.2 Å². The van der Waals surface area contributed by atoms with Crippen molar-refractivity contribution in [3.63, 3.8) is 0 Å². The van der Waals surface area contributed by atoms with Crippen LogP contribution in [0.3, 0.4) is 0 Å². The lowest BCUT2D eigenvalue weighted by Gasteiger charge is -2.21. The van der Waals surface area contributed by atoms with E-state index in [2.05, 4.69) is 5.32 Å². The number of fused-ring (bicyclic) bond motifs is 1. The summed E-state index contributed by atoms with van der Waals surface area (Å²) in [5.41, 5.74) is 0.587. The van der Waals surface area contributed by atoms with E-state index in [1.807, 2.05) is 4.90 Å². The second kappa shape index (κ2) is 8.31. The SMILES string of the molecule is Cl.O=C(c1ccc(SC(F)F)cc1)N1CC[C@@H]2CNC[C@@H]2CC1. The molecular formula is C16H21ClF2N2OS. The highest BCUT2D eigenvalue weighted by Gasteiger charge is 2.31. The third kappa shape index (κ3) is 4.58. The predicted molar refractivity (Wildman–Crippen MR) is 90.5 cm³/mol. The van der Waals surface area contributed by atoms with Crippen LogP contribution in [0.5, 0.6) is 0 Å². The van der Waals surface area contributed by atoms with Gasteiger partial charge in [-0.25, -0.2) is 0 Å². The molecule has 2 fully saturated rings. The van der Waals surface area contributed by atoms with Crippen molar-refractivity contribution in [2.45, 2.75) is 23.5 Å². The standard InChI is InChI=1S/C16H20F2N2OS.ClH/c17-16(18)22-14-3-1-11(2-4-14)15(21)20-7-5-12-9-19-10-13(12)6-8-20;/h1-4,12-13,16,19H,5-10H2;1H/t12-,13+;. The summed E-state index contributed by atoms with van der Waals surface area (Å²) in [4.78, 5) is 15.0. The number of nitrogens with one attached hydrogen (secondary N) is 1. The Morgan fingerprint density at radius 3 is 2.22 bits per heavy atom. The zero-order chi connectivity index (χ0) is 15.5. The van der Waals surface area contributed by atoms with Crippen LogP contribution in [-0.2, 0) is 0 Å². The summed E-state index contributed by atoms with van der Waals surface area (Å²) in [7, 11) is 0. The van der Waals surface area contributed by atoms with Crippen LogP contribution in [0.4, 0.5) is 8.78 Å². The Morgan fingerprint density at radius 2 is 1.70 bits per heavy atom. The zero-order valence-electron chi connectivity index (χ0n) is 12.7. The van der Waals surface area contributed by atoms with Crippen molar-refractivity contribution >= 4 is 30.1 Å². The van der Waals surface area contributed by atoms with Gasteiger partial charge in [0.25, 0.3) is 11.7 Å². The molecule has 2 aliphatic rings. The number of carbonyl (C=O) groups excluding carboxylic acids is 1. The van der Waals surface area contributed by atoms with E-state index in [4.69, 9.17) is 0 Å². The van der Waals surface area contributed by atoms with Gasteiger partial charge in [0.15, 0.2) is 0 Å². The van der Waals surface area contributed by atoms with E-state index in [1.54, 1.807) is 24.3 Å². The Kier molecular flexibility index (Phi) is 6.68. The van der Waals surface area contributed by atoms with Crippen LogP contribution in [0.25, 0.3) is 0 Å². The molecule has 23 heavy (non-hydrogen) atoms. The molecule has 0 aliphatic carbocycles. The highest BCUT2D eigenvalue weighted by molar-refractivity contribution is 7.99.